The summed E-state index contributed by atoms with van der Waals surface area (Å²) in [6.07, 6.45) is 2.71. The van der Waals surface area contributed by atoms with Crippen molar-refractivity contribution in [2.24, 2.45) is 0 Å². The van der Waals surface area contributed by atoms with E-state index in [2.05, 4.69) is 5.10 Å². The summed E-state index contributed by atoms with van der Waals surface area (Å²) in [7, 11) is -9.62. The van der Waals surface area contributed by atoms with Crippen molar-refractivity contribution in [1.82, 2.24) is 9.78 Å². The lowest BCUT2D eigenvalue weighted by atomic mass is 10.3. The summed E-state index contributed by atoms with van der Waals surface area (Å²) in [5, 5.41) is 3.67. The summed E-state index contributed by atoms with van der Waals surface area (Å²) in [6, 6.07) is 4.40. The number of hydrogen-bond acceptors (Lipinski definition) is 1. The van der Waals surface area contributed by atoms with E-state index in [-0.39, 0.29) is 5.69 Å². The smallest absolute Gasteiger partial charge is 0.241 e. The largest absolute Gasteiger partial charge is 0.310 e. The lowest BCUT2D eigenvalue weighted by Crippen LogP contribution is -2.07. The summed E-state index contributed by atoms with van der Waals surface area (Å²) >= 11 is 0. The van der Waals surface area contributed by atoms with Crippen molar-refractivity contribution < 1.29 is 19.4 Å². The van der Waals surface area contributed by atoms with Crippen LogP contribution in [0.5, 0.6) is 0 Å². The second-order valence-electron chi connectivity index (χ2n) is 3.42. The van der Waals surface area contributed by atoms with Crippen LogP contribution in [-0.2, 0) is 0 Å². The molecule has 17 heavy (non-hydrogen) atoms. The number of benzene rings is 1. The van der Waals surface area contributed by atoms with Crippen molar-refractivity contribution in [3.05, 3.63) is 42.7 Å². The third kappa shape index (κ3) is 2.57. The van der Waals surface area contributed by atoms with Crippen molar-refractivity contribution >= 4 is 10.2 Å². The number of aromatic nitrogens is 2. The molecule has 0 atom stereocenters. The fourth-order valence-corrected chi connectivity index (χ4v) is 1.97. The first-order valence-corrected chi connectivity index (χ1v) is 6.35. The number of hydrogen-bond donors (Lipinski definition) is 0. The van der Waals surface area contributed by atoms with Gasteiger partial charge in [-0.1, -0.05) is 25.5 Å². The highest BCUT2D eigenvalue weighted by Crippen LogP contribution is 3.02. The predicted octanol–water partition coefficient (Wildman–Crippen LogP) is 4.53. The molecular weight excluding hydrogens is 263 g/mol. The molecule has 1 aromatic carbocycles. The molecule has 2 rings (SSSR count). The van der Waals surface area contributed by atoms with Gasteiger partial charge < -0.3 is 0 Å². The zero-order chi connectivity index (χ0) is 12.8. The van der Waals surface area contributed by atoms with Crippen molar-refractivity contribution in [2.75, 3.05) is 0 Å². The first kappa shape index (κ1) is 11.9. The molecule has 0 N–H and O–H groups in total. The van der Waals surface area contributed by atoms with Crippen LogP contribution in [0.4, 0.5) is 19.4 Å². The van der Waals surface area contributed by atoms with Crippen molar-refractivity contribution in [2.45, 2.75) is 4.90 Å². The molecule has 0 bridgehead atoms. The Morgan fingerprint density at radius 3 is 2.24 bits per heavy atom. The maximum atomic E-state index is 12.5. The third-order valence-corrected chi connectivity index (χ3v) is 3.18. The molecule has 94 valence electrons. The standard InChI is InChI=1S/C9H7F5N2S/c10-17(11,12,13,14)9-4-1-3-8(7-9)16-6-2-5-15-16/h1-7H. The molecule has 0 amide bonds. The summed E-state index contributed by atoms with van der Waals surface area (Å²) in [4.78, 5) is -1.92. The fraction of sp³-hybridized carbons (Fsp3) is 0. The lowest BCUT2D eigenvalue weighted by Gasteiger charge is -2.40. The van der Waals surface area contributed by atoms with Gasteiger partial charge in [0.1, 0.15) is 4.90 Å². The van der Waals surface area contributed by atoms with Crippen LogP contribution in [0.3, 0.4) is 0 Å². The molecule has 0 radical (unpaired) electrons. The monoisotopic (exact) mass is 270 g/mol. The van der Waals surface area contributed by atoms with Gasteiger partial charge in [0, 0.05) is 12.4 Å². The van der Waals surface area contributed by atoms with Gasteiger partial charge in [-0.05, 0) is 24.3 Å². The van der Waals surface area contributed by atoms with Crippen LogP contribution in [0.25, 0.3) is 5.69 Å². The van der Waals surface area contributed by atoms with Gasteiger partial charge in [-0.25, -0.2) is 4.68 Å². The van der Waals surface area contributed by atoms with Gasteiger partial charge in [-0.3, -0.25) is 0 Å². The minimum atomic E-state index is -9.62. The van der Waals surface area contributed by atoms with E-state index in [9.17, 15) is 19.4 Å². The van der Waals surface area contributed by atoms with Gasteiger partial charge in [0.25, 0.3) is 0 Å². The highest BCUT2D eigenvalue weighted by Gasteiger charge is 2.65. The topological polar surface area (TPSA) is 17.8 Å². The van der Waals surface area contributed by atoms with Gasteiger partial charge in [0.05, 0.1) is 5.69 Å². The van der Waals surface area contributed by atoms with E-state index < -0.39 is 15.1 Å². The molecule has 2 nitrogen and oxygen atoms in total. The molecule has 1 aromatic heterocycles. The fourth-order valence-electron chi connectivity index (χ4n) is 1.29. The quantitative estimate of drug-likeness (QED) is 0.733. The SMILES string of the molecule is FS(F)(F)(F)(F)c1cccc(-n2cccn2)c1. The first-order valence-electron chi connectivity index (χ1n) is 4.40. The Kier molecular flexibility index (Phi) is 1.97. The van der Waals surface area contributed by atoms with E-state index >= 15 is 0 Å². The molecule has 0 spiro atoms. The van der Waals surface area contributed by atoms with E-state index in [0.29, 0.717) is 12.1 Å². The highest BCUT2D eigenvalue weighted by atomic mass is 32.5. The van der Waals surface area contributed by atoms with Crippen molar-refractivity contribution in [3.8, 4) is 5.69 Å². The predicted molar refractivity (Wildman–Crippen MR) is 55.0 cm³/mol. The van der Waals surface area contributed by atoms with E-state index in [1.165, 1.54) is 24.5 Å². The van der Waals surface area contributed by atoms with Gasteiger partial charge in [0.2, 0.25) is 0 Å². The van der Waals surface area contributed by atoms with Crippen LogP contribution >= 0.6 is 10.2 Å². The van der Waals surface area contributed by atoms with Crippen LogP contribution < -0.4 is 0 Å². The number of rotatable bonds is 2. The molecule has 0 aliphatic carbocycles. The molecule has 0 saturated carbocycles. The third-order valence-electron chi connectivity index (χ3n) is 2.03. The molecule has 0 fully saturated rings. The van der Waals surface area contributed by atoms with E-state index in [4.69, 9.17) is 0 Å². The molecule has 2 aromatic rings. The molecule has 1 heterocycles. The maximum absolute atomic E-state index is 12.5. The van der Waals surface area contributed by atoms with Crippen LogP contribution in [0.2, 0.25) is 0 Å². The molecule has 8 heteroatoms. The number of nitrogens with zero attached hydrogens (tertiary/aromatic N) is 2. The lowest BCUT2D eigenvalue weighted by molar-refractivity contribution is 0.364. The Bertz CT molecular complexity index is 546. The first-order chi connectivity index (χ1) is 7.56. The zero-order valence-electron chi connectivity index (χ0n) is 8.23. The average Bonchev–Trinajstić information content (AvgIpc) is 2.67. The van der Waals surface area contributed by atoms with Gasteiger partial charge in [-0.15, -0.1) is 0 Å². The van der Waals surface area contributed by atoms with Gasteiger partial charge in [0.15, 0.2) is 0 Å². The molecule has 0 saturated heterocycles. The Hall–Kier alpha value is -1.57. The van der Waals surface area contributed by atoms with Crippen LogP contribution in [0.15, 0.2) is 47.6 Å². The Labute approximate surface area is 93.4 Å². The second-order valence-corrected chi connectivity index (χ2v) is 5.83. The molecule has 0 aliphatic rings. The summed E-state index contributed by atoms with van der Waals surface area (Å²) < 4.78 is 63.8. The molecular formula is C9H7F5N2S. The van der Waals surface area contributed by atoms with Gasteiger partial charge in [-0.2, -0.15) is 5.10 Å². The summed E-state index contributed by atoms with van der Waals surface area (Å²) in [6.45, 7) is 0. The van der Waals surface area contributed by atoms with E-state index in [1.807, 2.05) is 0 Å². The van der Waals surface area contributed by atoms with Crippen LogP contribution in [0, 0.1) is 0 Å². The van der Waals surface area contributed by atoms with Crippen LogP contribution in [0.1, 0.15) is 0 Å². The highest BCUT2D eigenvalue weighted by molar-refractivity contribution is 8.45. The minimum Gasteiger partial charge on any atom is -0.241 e. The minimum absolute atomic E-state index is 0.0687. The zero-order valence-corrected chi connectivity index (χ0v) is 9.05. The molecule has 0 aliphatic heterocycles. The Balaban J connectivity index is 2.59. The molecule has 0 unspecified atom stereocenters. The Morgan fingerprint density at radius 2 is 1.71 bits per heavy atom. The van der Waals surface area contributed by atoms with Crippen molar-refractivity contribution in [3.63, 3.8) is 0 Å². The van der Waals surface area contributed by atoms with Gasteiger partial charge >= 0.3 is 10.2 Å². The normalized spacial score (nSPS) is 16.3. The maximum Gasteiger partial charge on any atom is 0.310 e. The summed E-state index contributed by atoms with van der Waals surface area (Å²) in [5.74, 6) is 0. The number of halogens is 5. The average molecular weight is 270 g/mol. The summed E-state index contributed by atoms with van der Waals surface area (Å²) in [5.41, 5.74) is -0.0687. The van der Waals surface area contributed by atoms with Crippen LogP contribution in [-0.4, -0.2) is 9.78 Å². The van der Waals surface area contributed by atoms with E-state index in [0.717, 1.165) is 10.7 Å². The van der Waals surface area contributed by atoms with E-state index in [1.54, 1.807) is 0 Å². The van der Waals surface area contributed by atoms with Crippen molar-refractivity contribution in [1.29, 1.82) is 0 Å². The Morgan fingerprint density at radius 1 is 1.00 bits per heavy atom. The second kappa shape index (κ2) is 2.81.